The lowest BCUT2D eigenvalue weighted by Crippen LogP contribution is -2.38. The van der Waals surface area contributed by atoms with Crippen LogP contribution >= 0.6 is 0 Å². The Hall–Kier alpha value is -2.54. The number of tetrazole rings is 1. The minimum absolute atomic E-state index is 0.0175. The van der Waals surface area contributed by atoms with Crippen molar-refractivity contribution in [2.75, 3.05) is 0 Å². The lowest BCUT2D eigenvalue weighted by Gasteiger charge is -2.34. The highest BCUT2D eigenvalue weighted by Crippen LogP contribution is 2.30. The average molecular weight is 449 g/mol. The van der Waals surface area contributed by atoms with Crippen LogP contribution in [0.5, 0.6) is 0 Å². The van der Waals surface area contributed by atoms with Crippen molar-refractivity contribution < 1.29 is 0 Å². The third-order valence-electron chi connectivity index (χ3n) is 7.81. The van der Waals surface area contributed by atoms with E-state index in [1.165, 1.54) is 56.9 Å². The fourth-order valence-corrected chi connectivity index (χ4v) is 5.82. The maximum Gasteiger partial charge on any atom is 0.252 e. The summed E-state index contributed by atoms with van der Waals surface area (Å²) in [5.41, 5.74) is 4.10. The van der Waals surface area contributed by atoms with Gasteiger partial charge in [-0.15, -0.1) is 5.10 Å². The molecule has 0 spiro atoms. The molecule has 2 aliphatic carbocycles. The quantitative estimate of drug-likeness (QED) is 0.576. The van der Waals surface area contributed by atoms with Gasteiger partial charge in [0.25, 0.3) is 5.56 Å². The number of hydrogen-bond donors (Lipinski definition) is 1. The summed E-state index contributed by atoms with van der Waals surface area (Å²) in [6.45, 7) is 5.48. The molecule has 2 saturated carbocycles. The van der Waals surface area contributed by atoms with Gasteiger partial charge >= 0.3 is 0 Å². The van der Waals surface area contributed by atoms with Crippen molar-refractivity contribution in [2.24, 2.45) is 0 Å². The second kappa shape index (κ2) is 9.75. The molecule has 0 unspecified atom stereocenters. The van der Waals surface area contributed by atoms with Crippen LogP contribution in [0.25, 0.3) is 10.9 Å². The van der Waals surface area contributed by atoms with Gasteiger partial charge in [0.2, 0.25) is 0 Å². The maximum atomic E-state index is 13.1. The summed E-state index contributed by atoms with van der Waals surface area (Å²) >= 11 is 0. The molecule has 1 N–H and O–H groups in total. The van der Waals surface area contributed by atoms with Crippen LogP contribution in [0.4, 0.5) is 0 Å². The van der Waals surface area contributed by atoms with Gasteiger partial charge in [0.1, 0.15) is 0 Å². The van der Waals surface area contributed by atoms with Gasteiger partial charge in [0, 0.05) is 23.5 Å². The lowest BCUT2D eigenvalue weighted by molar-refractivity contribution is 0.131. The number of benzene rings is 1. The summed E-state index contributed by atoms with van der Waals surface area (Å²) < 4.78 is 2.08. The monoisotopic (exact) mass is 448 g/mol. The topological polar surface area (TPSA) is 79.7 Å². The Balaban J connectivity index is 1.46. The molecular weight excluding hydrogens is 412 g/mol. The van der Waals surface area contributed by atoms with Crippen molar-refractivity contribution in [2.45, 2.75) is 103 Å². The Kier molecular flexibility index (Phi) is 6.58. The van der Waals surface area contributed by atoms with Crippen LogP contribution in [-0.4, -0.2) is 36.1 Å². The number of H-pyrrole nitrogens is 1. The maximum absolute atomic E-state index is 13.1. The number of hydrogen-bond acceptors (Lipinski definition) is 5. The van der Waals surface area contributed by atoms with E-state index < -0.39 is 0 Å². The number of pyridine rings is 1. The van der Waals surface area contributed by atoms with Gasteiger partial charge in [0.05, 0.1) is 18.1 Å². The third-order valence-corrected chi connectivity index (χ3v) is 7.81. The molecule has 2 aliphatic rings. The van der Waals surface area contributed by atoms with Crippen LogP contribution in [0, 0.1) is 13.8 Å². The Morgan fingerprint density at radius 1 is 0.970 bits per heavy atom. The molecule has 3 aromatic rings. The molecule has 0 bridgehead atoms. The van der Waals surface area contributed by atoms with Crippen LogP contribution in [0.15, 0.2) is 23.0 Å². The predicted octanol–water partition coefficient (Wildman–Crippen LogP) is 4.97. The van der Waals surface area contributed by atoms with Crippen LogP contribution < -0.4 is 5.56 Å². The predicted molar refractivity (Wildman–Crippen MR) is 130 cm³/mol. The van der Waals surface area contributed by atoms with E-state index in [-0.39, 0.29) is 5.56 Å². The Morgan fingerprint density at radius 2 is 1.67 bits per heavy atom. The summed E-state index contributed by atoms with van der Waals surface area (Å²) in [6, 6.07) is 7.19. The van der Waals surface area contributed by atoms with Crippen molar-refractivity contribution in [3.8, 4) is 0 Å². The van der Waals surface area contributed by atoms with E-state index in [1.54, 1.807) is 0 Å². The molecule has 0 saturated heterocycles. The molecule has 0 amide bonds. The summed E-state index contributed by atoms with van der Waals surface area (Å²) in [4.78, 5) is 18.7. The lowest BCUT2D eigenvalue weighted by atomic mass is 9.93. The van der Waals surface area contributed by atoms with Crippen molar-refractivity contribution in [3.05, 3.63) is 51.1 Å². The Labute approximate surface area is 195 Å². The minimum Gasteiger partial charge on any atom is -0.321 e. The minimum atomic E-state index is 0.0175. The molecule has 33 heavy (non-hydrogen) atoms. The first-order chi connectivity index (χ1) is 16.1. The third kappa shape index (κ3) is 4.74. The number of aromatic amines is 1. The Bertz CT molecular complexity index is 1150. The summed E-state index contributed by atoms with van der Waals surface area (Å²) in [5, 5.41) is 14.0. The SMILES string of the molecule is Cc1ccc(C)c2[nH]c(=O)c(CN(Cc3nnnn3C3CCCCC3)C3CCCCC3)cc12. The van der Waals surface area contributed by atoms with Gasteiger partial charge in [-0.2, -0.15) is 0 Å². The number of nitrogens with zero attached hydrogens (tertiary/aromatic N) is 5. The zero-order valence-electron chi connectivity index (χ0n) is 20.0. The standard InChI is InChI=1S/C26H36N6O/c1-18-13-14-19(2)25-23(18)15-20(26(33)27-25)16-31(21-9-5-3-6-10-21)17-24-28-29-30-32(24)22-11-7-4-8-12-22/h13-15,21-22H,3-12,16-17H2,1-2H3,(H,27,33). The van der Waals surface area contributed by atoms with Crippen LogP contribution in [-0.2, 0) is 13.1 Å². The highest BCUT2D eigenvalue weighted by atomic mass is 16.1. The highest BCUT2D eigenvalue weighted by Gasteiger charge is 2.26. The zero-order valence-corrected chi connectivity index (χ0v) is 20.0. The molecular formula is C26H36N6O. The van der Waals surface area contributed by atoms with Gasteiger partial charge in [-0.05, 0) is 67.2 Å². The molecule has 2 aromatic heterocycles. The molecule has 0 aliphatic heterocycles. The van der Waals surface area contributed by atoms with Crippen molar-refractivity contribution in [1.29, 1.82) is 0 Å². The first kappa shape index (κ1) is 22.3. The smallest absolute Gasteiger partial charge is 0.252 e. The molecule has 2 fully saturated rings. The second-order valence-electron chi connectivity index (χ2n) is 10.1. The normalized spacial score (nSPS) is 18.4. The molecule has 7 heteroatoms. The van der Waals surface area contributed by atoms with E-state index in [0.717, 1.165) is 40.7 Å². The number of fused-ring (bicyclic) bond motifs is 1. The molecule has 7 nitrogen and oxygen atoms in total. The van der Waals surface area contributed by atoms with Gasteiger partial charge in [-0.1, -0.05) is 50.7 Å². The second-order valence-corrected chi connectivity index (χ2v) is 10.1. The zero-order chi connectivity index (χ0) is 22.8. The van der Waals surface area contributed by atoms with E-state index in [9.17, 15) is 4.79 Å². The van der Waals surface area contributed by atoms with Crippen molar-refractivity contribution in [1.82, 2.24) is 30.1 Å². The highest BCUT2D eigenvalue weighted by molar-refractivity contribution is 5.85. The molecule has 1 aromatic carbocycles. The van der Waals surface area contributed by atoms with Crippen molar-refractivity contribution in [3.63, 3.8) is 0 Å². The summed E-state index contributed by atoms with van der Waals surface area (Å²) in [7, 11) is 0. The van der Waals surface area contributed by atoms with E-state index in [0.29, 0.717) is 25.2 Å². The number of nitrogens with one attached hydrogen (secondary N) is 1. The van der Waals surface area contributed by atoms with Gasteiger partial charge in [0.15, 0.2) is 5.82 Å². The fourth-order valence-electron chi connectivity index (χ4n) is 5.82. The number of rotatable bonds is 6. The first-order valence-corrected chi connectivity index (χ1v) is 12.7. The van der Waals surface area contributed by atoms with E-state index >= 15 is 0 Å². The van der Waals surface area contributed by atoms with E-state index in [1.807, 2.05) is 0 Å². The molecule has 5 rings (SSSR count). The summed E-state index contributed by atoms with van der Waals surface area (Å²) in [6.07, 6.45) is 12.3. The molecule has 2 heterocycles. The largest absolute Gasteiger partial charge is 0.321 e. The van der Waals surface area contributed by atoms with E-state index in [2.05, 4.69) is 62.1 Å². The van der Waals surface area contributed by atoms with Crippen molar-refractivity contribution >= 4 is 10.9 Å². The molecule has 0 atom stereocenters. The molecule has 0 radical (unpaired) electrons. The fraction of sp³-hybridized carbons (Fsp3) is 0.615. The van der Waals surface area contributed by atoms with Gasteiger partial charge in [-0.25, -0.2) is 4.68 Å². The van der Waals surface area contributed by atoms with Gasteiger partial charge in [-0.3, -0.25) is 9.69 Å². The number of aromatic nitrogens is 5. The van der Waals surface area contributed by atoms with Crippen LogP contribution in [0.3, 0.4) is 0 Å². The van der Waals surface area contributed by atoms with E-state index in [4.69, 9.17) is 0 Å². The first-order valence-electron chi connectivity index (χ1n) is 12.7. The van der Waals surface area contributed by atoms with Gasteiger partial charge < -0.3 is 4.98 Å². The molecule has 176 valence electrons. The van der Waals surface area contributed by atoms with Crippen LogP contribution in [0.2, 0.25) is 0 Å². The summed E-state index contributed by atoms with van der Waals surface area (Å²) in [5.74, 6) is 0.941. The number of aryl methyl sites for hydroxylation is 2. The average Bonchev–Trinajstić information content (AvgIpc) is 3.31. The van der Waals surface area contributed by atoms with Crippen LogP contribution in [0.1, 0.15) is 92.8 Å². The Morgan fingerprint density at radius 3 is 2.42 bits per heavy atom.